The Hall–Kier alpha value is -3.16. The topological polar surface area (TPSA) is 72.7 Å². The maximum atomic E-state index is 12.9. The second-order valence-corrected chi connectivity index (χ2v) is 9.79. The summed E-state index contributed by atoms with van der Waals surface area (Å²) < 4.78 is 1.94. The van der Waals surface area contributed by atoms with Crippen LogP contribution >= 0.6 is 23.4 Å². The van der Waals surface area contributed by atoms with Crippen molar-refractivity contribution in [2.24, 2.45) is 0 Å². The molecular weight excluding hydrogens is 466 g/mol. The molecule has 1 amide bonds. The highest BCUT2D eigenvalue weighted by molar-refractivity contribution is 8.00. The Bertz CT molecular complexity index is 1220. The molecule has 0 bridgehead atoms. The van der Waals surface area contributed by atoms with Gasteiger partial charge >= 0.3 is 0 Å². The predicted octanol–water partition coefficient (Wildman–Crippen LogP) is 5.60. The number of thioether (sulfide) groups is 1. The normalized spacial score (nSPS) is 12.8. The van der Waals surface area contributed by atoms with Gasteiger partial charge < -0.3 is 5.32 Å². The highest BCUT2D eigenvalue weighted by Crippen LogP contribution is 2.30. The quantitative estimate of drug-likeness (QED) is 0.308. The second kappa shape index (κ2) is 11.3. The smallest absolute Gasteiger partial charge is 0.233 e. The number of nitrogens with zero attached hydrogens (tertiary/aromatic N) is 4. The van der Waals surface area contributed by atoms with Crippen LogP contribution in [0.25, 0.3) is 17.1 Å². The number of rotatable bonds is 9. The fraction of sp³-hybridized carbons (Fsp3) is 0.231. The Kier molecular flexibility index (Phi) is 7.98. The average molecular weight is 492 g/mol. The number of halogens is 1. The van der Waals surface area contributed by atoms with Crippen molar-refractivity contribution < 1.29 is 4.79 Å². The third-order valence-corrected chi connectivity index (χ3v) is 6.70. The first-order valence-electron chi connectivity index (χ1n) is 11.1. The molecule has 2 aromatic carbocycles. The van der Waals surface area contributed by atoms with Gasteiger partial charge in [0.05, 0.1) is 5.25 Å². The fourth-order valence-electron chi connectivity index (χ4n) is 3.53. The average Bonchev–Trinajstić information content (AvgIpc) is 3.27. The fourth-order valence-corrected chi connectivity index (χ4v) is 4.53. The lowest BCUT2D eigenvalue weighted by atomic mass is 10.1. The first kappa shape index (κ1) is 24.0. The molecule has 0 radical (unpaired) electrons. The van der Waals surface area contributed by atoms with Gasteiger partial charge in [0.2, 0.25) is 5.91 Å². The Balaban J connectivity index is 1.48. The highest BCUT2D eigenvalue weighted by atomic mass is 35.5. The summed E-state index contributed by atoms with van der Waals surface area (Å²) in [7, 11) is 0. The summed E-state index contributed by atoms with van der Waals surface area (Å²) in [5.74, 6) is 0.651. The lowest BCUT2D eigenvalue weighted by molar-refractivity contribution is -0.120. The van der Waals surface area contributed by atoms with Gasteiger partial charge in [0.15, 0.2) is 11.0 Å². The molecule has 4 aromatic rings. The van der Waals surface area contributed by atoms with Crippen LogP contribution in [0, 0.1) is 0 Å². The van der Waals surface area contributed by atoms with E-state index in [2.05, 4.69) is 32.6 Å². The van der Waals surface area contributed by atoms with Crippen LogP contribution in [0.4, 0.5) is 0 Å². The van der Waals surface area contributed by atoms with Gasteiger partial charge in [-0.2, -0.15) is 0 Å². The molecule has 2 atom stereocenters. The van der Waals surface area contributed by atoms with Crippen LogP contribution in [-0.4, -0.2) is 36.9 Å². The number of carbonyl (C=O) groups excluding carboxylic acids is 1. The molecule has 0 spiro atoms. The van der Waals surface area contributed by atoms with Crippen LogP contribution in [0.5, 0.6) is 0 Å². The molecule has 0 saturated carbocycles. The van der Waals surface area contributed by atoms with Crippen LogP contribution in [0.3, 0.4) is 0 Å². The summed E-state index contributed by atoms with van der Waals surface area (Å²) in [6.07, 6.45) is 5.23. The molecule has 2 heterocycles. The molecule has 8 heteroatoms. The van der Waals surface area contributed by atoms with Crippen molar-refractivity contribution in [2.45, 2.75) is 43.1 Å². The van der Waals surface area contributed by atoms with Crippen LogP contribution in [0.15, 0.2) is 84.3 Å². The summed E-state index contributed by atoms with van der Waals surface area (Å²) in [6.45, 7) is 3.92. The van der Waals surface area contributed by atoms with Gasteiger partial charge in [-0.3, -0.25) is 14.3 Å². The summed E-state index contributed by atoms with van der Waals surface area (Å²) in [5.41, 5.74) is 3.02. The van der Waals surface area contributed by atoms with E-state index in [0.717, 1.165) is 24.1 Å². The summed E-state index contributed by atoms with van der Waals surface area (Å²) in [6, 6.07) is 21.6. The van der Waals surface area contributed by atoms with Crippen molar-refractivity contribution in [1.82, 2.24) is 25.1 Å². The number of hydrogen-bond acceptors (Lipinski definition) is 5. The molecule has 0 aliphatic rings. The second-order valence-electron chi connectivity index (χ2n) is 8.05. The molecule has 2 aromatic heterocycles. The first-order valence-corrected chi connectivity index (χ1v) is 12.4. The van der Waals surface area contributed by atoms with Gasteiger partial charge in [-0.1, -0.05) is 53.7 Å². The van der Waals surface area contributed by atoms with Gasteiger partial charge in [0, 0.05) is 34.7 Å². The van der Waals surface area contributed by atoms with Gasteiger partial charge in [-0.25, -0.2) is 0 Å². The van der Waals surface area contributed by atoms with E-state index in [1.54, 1.807) is 12.4 Å². The largest absolute Gasteiger partial charge is 0.353 e. The lowest BCUT2D eigenvalue weighted by Crippen LogP contribution is -2.38. The van der Waals surface area contributed by atoms with Gasteiger partial charge in [0.25, 0.3) is 0 Å². The van der Waals surface area contributed by atoms with Crippen molar-refractivity contribution in [1.29, 1.82) is 0 Å². The molecule has 0 aliphatic carbocycles. The zero-order valence-corrected chi connectivity index (χ0v) is 20.6. The van der Waals surface area contributed by atoms with E-state index in [9.17, 15) is 4.79 Å². The standard InChI is InChI=1S/C26H26ClN5OS/c1-18(8-9-20-6-4-3-5-7-20)29-25(33)19(2)34-26-31-30-24(21-14-16-28-17-15-21)32(26)23-12-10-22(27)11-13-23/h3-7,10-19H,8-9H2,1-2H3,(H,29,33)/t18-,19-/m0/s1. The number of hydrogen-bond donors (Lipinski definition) is 1. The Morgan fingerprint density at radius 3 is 2.41 bits per heavy atom. The van der Waals surface area contributed by atoms with Crippen molar-refractivity contribution in [2.75, 3.05) is 0 Å². The zero-order chi connectivity index (χ0) is 23.9. The Morgan fingerprint density at radius 2 is 1.71 bits per heavy atom. The van der Waals surface area contributed by atoms with Crippen molar-refractivity contribution in [3.05, 3.63) is 89.7 Å². The SMILES string of the molecule is C[C@H](Sc1nnc(-c2ccncc2)n1-c1ccc(Cl)cc1)C(=O)N[C@@H](C)CCc1ccccc1. The maximum absolute atomic E-state index is 12.9. The predicted molar refractivity (Wildman–Crippen MR) is 137 cm³/mol. The van der Waals surface area contributed by atoms with Crippen molar-refractivity contribution in [3.63, 3.8) is 0 Å². The van der Waals surface area contributed by atoms with Crippen LogP contribution in [0.1, 0.15) is 25.8 Å². The summed E-state index contributed by atoms with van der Waals surface area (Å²) in [4.78, 5) is 17.0. The van der Waals surface area contributed by atoms with Gasteiger partial charge in [0.1, 0.15) is 0 Å². The van der Waals surface area contributed by atoms with Crippen LogP contribution < -0.4 is 5.32 Å². The number of aromatic nitrogens is 4. The monoisotopic (exact) mass is 491 g/mol. The van der Waals surface area contributed by atoms with E-state index < -0.39 is 0 Å². The van der Waals surface area contributed by atoms with E-state index in [1.807, 2.05) is 73.0 Å². The Labute approximate surface area is 208 Å². The minimum absolute atomic E-state index is 0.0262. The van der Waals surface area contributed by atoms with Crippen molar-refractivity contribution >= 4 is 29.3 Å². The number of nitrogens with one attached hydrogen (secondary N) is 1. The number of amides is 1. The molecule has 174 valence electrons. The number of aryl methyl sites for hydroxylation is 1. The lowest BCUT2D eigenvalue weighted by Gasteiger charge is -2.18. The molecule has 0 saturated heterocycles. The molecule has 0 unspecified atom stereocenters. The molecule has 4 rings (SSSR count). The molecule has 34 heavy (non-hydrogen) atoms. The van der Waals surface area contributed by atoms with Crippen molar-refractivity contribution in [3.8, 4) is 17.1 Å². The third-order valence-electron chi connectivity index (χ3n) is 5.41. The number of benzene rings is 2. The number of carbonyl (C=O) groups is 1. The van der Waals surface area contributed by atoms with Crippen LogP contribution in [0.2, 0.25) is 5.02 Å². The van der Waals surface area contributed by atoms with Gasteiger partial charge in [-0.15, -0.1) is 10.2 Å². The van der Waals surface area contributed by atoms with E-state index in [-0.39, 0.29) is 17.2 Å². The molecule has 0 fully saturated rings. The molecule has 0 aliphatic heterocycles. The number of pyridine rings is 1. The van der Waals surface area contributed by atoms with E-state index in [0.29, 0.717) is 16.0 Å². The third kappa shape index (κ3) is 6.04. The molecule has 1 N–H and O–H groups in total. The van der Waals surface area contributed by atoms with E-state index in [4.69, 9.17) is 11.6 Å². The van der Waals surface area contributed by atoms with E-state index in [1.165, 1.54) is 17.3 Å². The molecular formula is C26H26ClN5OS. The first-order chi connectivity index (χ1) is 16.5. The summed E-state index contributed by atoms with van der Waals surface area (Å²) in [5, 5.41) is 12.9. The maximum Gasteiger partial charge on any atom is 0.233 e. The van der Waals surface area contributed by atoms with E-state index >= 15 is 0 Å². The zero-order valence-electron chi connectivity index (χ0n) is 19.1. The Morgan fingerprint density at radius 1 is 1.00 bits per heavy atom. The summed E-state index contributed by atoms with van der Waals surface area (Å²) >= 11 is 7.48. The minimum Gasteiger partial charge on any atom is -0.353 e. The minimum atomic E-state index is -0.347. The van der Waals surface area contributed by atoms with Crippen LogP contribution in [-0.2, 0) is 11.2 Å². The van der Waals surface area contributed by atoms with Gasteiger partial charge in [-0.05, 0) is 68.7 Å². The highest BCUT2D eigenvalue weighted by Gasteiger charge is 2.22. The molecule has 6 nitrogen and oxygen atoms in total.